The highest BCUT2D eigenvalue weighted by Gasteiger charge is 2.16. The summed E-state index contributed by atoms with van der Waals surface area (Å²) in [6.07, 6.45) is 9.75. The maximum absolute atomic E-state index is 12.0. The fourth-order valence-corrected chi connectivity index (χ4v) is 2.80. The van der Waals surface area contributed by atoms with Gasteiger partial charge in [0.2, 0.25) is 5.91 Å². The van der Waals surface area contributed by atoms with Crippen LogP contribution in [0, 0.1) is 0 Å². The fraction of sp³-hybridized carbons (Fsp3) is 0.688. The number of carbonyl (C=O) groups excluding carboxylic acids is 2. The van der Waals surface area contributed by atoms with E-state index in [9.17, 15) is 9.59 Å². The molecule has 0 unspecified atom stereocenters. The summed E-state index contributed by atoms with van der Waals surface area (Å²) in [5.41, 5.74) is 0.486. The molecule has 0 bridgehead atoms. The van der Waals surface area contributed by atoms with Gasteiger partial charge in [-0.25, -0.2) is 0 Å². The van der Waals surface area contributed by atoms with Gasteiger partial charge in [-0.05, 0) is 32.9 Å². The number of carbonyl (C=O) groups is 2. The van der Waals surface area contributed by atoms with Crippen LogP contribution in [0.2, 0.25) is 0 Å². The van der Waals surface area contributed by atoms with Crippen molar-refractivity contribution in [3.63, 3.8) is 0 Å². The molecule has 1 fully saturated rings. The molecule has 0 atom stereocenters. The first-order chi connectivity index (χ1) is 11.2. The van der Waals surface area contributed by atoms with Crippen molar-refractivity contribution in [1.82, 2.24) is 25.7 Å². The normalized spacial score (nSPS) is 14.7. The molecule has 2 amide bonds. The Morgan fingerprint density at radius 3 is 2.71 bits per heavy atom. The van der Waals surface area contributed by atoms with Crippen LogP contribution in [-0.2, 0) is 11.3 Å². The molecule has 1 aromatic heterocycles. The quantitative estimate of drug-likeness (QED) is 0.608. The first-order valence-corrected chi connectivity index (χ1v) is 8.43. The van der Waals surface area contributed by atoms with Gasteiger partial charge in [0.1, 0.15) is 6.54 Å². The zero-order valence-corrected chi connectivity index (χ0v) is 15.0. The second-order valence-electron chi connectivity index (χ2n) is 6.04. The number of hydrogen-bond acceptors (Lipinski definition) is 4. The molecule has 1 saturated carbocycles. The van der Waals surface area contributed by atoms with Gasteiger partial charge in [-0.2, -0.15) is 5.10 Å². The van der Waals surface area contributed by atoms with Crippen molar-refractivity contribution >= 4 is 24.2 Å². The minimum absolute atomic E-state index is 0. The molecule has 2 rings (SSSR count). The lowest BCUT2D eigenvalue weighted by Crippen LogP contribution is -2.38. The highest BCUT2D eigenvalue weighted by Crippen LogP contribution is 2.17. The molecule has 24 heavy (non-hydrogen) atoms. The van der Waals surface area contributed by atoms with E-state index in [1.54, 1.807) is 6.20 Å². The molecule has 0 spiro atoms. The predicted octanol–water partition coefficient (Wildman–Crippen LogP) is 1.09. The van der Waals surface area contributed by atoms with Crippen LogP contribution in [0.4, 0.5) is 0 Å². The number of aromatic nitrogens is 2. The average Bonchev–Trinajstić information content (AvgIpc) is 3.00. The zero-order chi connectivity index (χ0) is 16.5. The molecule has 0 saturated heterocycles. The third-order valence-electron chi connectivity index (χ3n) is 4.06. The molecular weight excluding hydrogens is 330 g/mol. The van der Waals surface area contributed by atoms with E-state index in [4.69, 9.17) is 0 Å². The molecule has 8 heteroatoms. The van der Waals surface area contributed by atoms with Gasteiger partial charge in [-0.1, -0.05) is 19.3 Å². The van der Waals surface area contributed by atoms with Crippen LogP contribution in [0.25, 0.3) is 0 Å². The molecule has 0 aromatic carbocycles. The molecule has 3 N–H and O–H groups in total. The number of rotatable bonds is 8. The summed E-state index contributed by atoms with van der Waals surface area (Å²) in [5, 5.41) is 13.0. The first kappa shape index (κ1) is 20.4. The Morgan fingerprint density at radius 1 is 1.25 bits per heavy atom. The van der Waals surface area contributed by atoms with Crippen molar-refractivity contribution < 1.29 is 9.59 Å². The molecular formula is C16H28ClN5O2. The second kappa shape index (κ2) is 11.0. The van der Waals surface area contributed by atoms with Crippen LogP contribution in [0.1, 0.15) is 48.9 Å². The largest absolute Gasteiger partial charge is 0.352 e. The minimum Gasteiger partial charge on any atom is -0.352 e. The van der Waals surface area contributed by atoms with Gasteiger partial charge >= 0.3 is 0 Å². The van der Waals surface area contributed by atoms with Crippen LogP contribution in [0.5, 0.6) is 0 Å². The Balaban J connectivity index is 0.00000288. The van der Waals surface area contributed by atoms with Gasteiger partial charge < -0.3 is 16.0 Å². The monoisotopic (exact) mass is 357 g/mol. The van der Waals surface area contributed by atoms with Crippen molar-refractivity contribution in [3.05, 3.63) is 18.0 Å². The van der Waals surface area contributed by atoms with Crippen LogP contribution in [0.3, 0.4) is 0 Å². The van der Waals surface area contributed by atoms with E-state index >= 15 is 0 Å². The lowest BCUT2D eigenvalue weighted by molar-refractivity contribution is -0.122. The Bertz CT molecular complexity index is 514. The Kier molecular flexibility index (Phi) is 9.41. The van der Waals surface area contributed by atoms with Gasteiger partial charge in [0, 0.05) is 18.8 Å². The molecule has 0 aliphatic heterocycles. The lowest BCUT2D eigenvalue weighted by Gasteiger charge is -2.22. The van der Waals surface area contributed by atoms with E-state index in [1.807, 2.05) is 7.05 Å². The highest BCUT2D eigenvalue weighted by atomic mass is 35.5. The SMILES string of the molecule is CNCCCNC(=O)c1cnn(CC(=O)NC2CCCCC2)c1.Cl. The Labute approximate surface area is 149 Å². The van der Waals surface area contributed by atoms with Gasteiger partial charge in [0.05, 0.1) is 11.8 Å². The topological polar surface area (TPSA) is 88.0 Å². The summed E-state index contributed by atoms with van der Waals surface area (Å²) in [5.74, 6) is -0.193. The summed E-state index contributed by atoms with van der Waals surface area (Å²) in [4.78, 5) is 24.0. The van der Waals surface area contributed by atoms with Crippen molar-refractivity contribution in [2.75, 3.05) is 20.1 Å². The number of halogens is 1. The number of nitrogens with zero attached hydrogens (tertiary/aromatic N) is 2. The third-order valence-corrected chi connectivity index (χ3v) is 4.06. The first-order valence-electron chi connectivity index (χ1n) is 8.43. The lowest BCUT2D eigenvalue weighted by atomic mass is 9.95. The maximum Gasteiger partial charge on any atom is 0.254 e. The molecule has 1 aromatic rings. The second-order valence-corrected chi connectivity index (χ2v) is 6.04. The standard InChI is InChI=1S/C16H27N5O2.ClH/c1-17-8-5-9-18-16(23)13-10-19-21(11-13)12-15(22)20-14-6-3-2-4-7-14;/h10-11,14,17H,2-9,12H2,1H3,(H,18,23)(H,20,22);1H. The summed E-state index contributed by atoms with van der Waals surface area (Å²) in [6.45, 7) is 1.64. The van der Waals surface area contributed by atoms with Crippen molar-refractivity contribution in [3.8, 4) is 0 Å². The van der Waals surface area contributed by atoms with Crippen molar-refractivity contribution in [2.24, 2.45) is 0 Å². The molecule has 7 nitrogen and oxygen atoms in total. The van der Waals surface area contributed by atoms with Crippen LogP contribution in [-0.4, -0.2) is 47.8 Å². The molecule has 1 aliphatic carbocycles. The van der Waals surface area contributed by atoms with Gasteiger partial charge in [-0.3, -0.25) is 14.3 Å². The highest BCUT2D eigenvalue weighted by molar-refractivity contribution is 5.93. The number of nitrogens with one attached hydrogen (secondary N) is 3. The van der Waals surface area contributed by atoms with Gasteiger partial charge in [0.25, 0.3) is 5.91 Å². The summed E-state index contributed by atoms with van der Waals surface area (Å²) in [6, 6.07) is 0.293. The summed E-state index contributed by atoms with van der Waals surface area (Å²) in [7, 11) is 1.88. The predicted molar refractivity (Wildman–Crippen MR) is 95.4 cm³/mol. The third kappa shape index (κ3) is 6.88. The molecule has 1 aliphatic rings. The van der Waals surface area contributed by atoms with E-state index in [1.165, 1.54) is 30.1 Å². The van der Waals surface area contributed by atoms with E-state index < -0.39 is 0 Å². The molecule has 136 valence electrons. The Morgan fingerprint density at radius 2 is 2.00 bits per heavy atom. The Hall–Kier alpha value is -1.60. The van der Waals surface area contributed by atoms with Crippen molar-refractivity contribution in [2.45, 2.75) is 51.1 Å². The smallest absolute Gasteiger partial charge is 0.254 e. The fourth-order valence-electron chi connectivity index (χ4n) is 2.80. The van der Waals surface area contributed by atoms with Gasteiger partial charge in [0.15, 0.2) is 0 Å². The molecule has 0 radical (unpaired) electrons. The maximum atomic E-state index is 12.0. The number of hydrogen-bond donors (Lipinski definition) is 3. The minimum atomic E-state index is -0.153. The van der Waals surface area contributed by atoms with E-state index in [0.717, 1.165) is 25.8 Å². The van der Waals surface area contributed by atoms with Crippen LogP contribution < -0.4 is 16.0 Å². The van der Waals surface area contributed by atoms with Gasteiger partial charge in [-0.15, -0.1) is 12.4 Å². The summed E-state index contributed by atoms with van der Waals surface area (Å²) < 4.78 is 1.51. The van der Waals surface area contributed by atoms with Crippen LogP contribution >= 0.6 is 12.4 Å². The van der Waals surface area contributed by atoms with E-state index in [2.05, 4.69) is 21.0 Å². The van der Waals surface area contributed by atoms with Crippen LogP contribution in [0.15, 0.2) is 12.4 Å². The zero-order valence-electron chi connectivity index (χ0n) is 14.2. The molecule has 1 heterocycles. The van der Waals surface area contributed by atoms with E-state index in [0.29, 0.717) is 18.2 Å². The number of amides is 2. The van der Waals surface area contributed by atoms with Crippen molar-refractivity contribution in [1.29, 1.82) is 0 Å². The average molecular weight is 358 g/mol. The summed E-state index contributed by atoms with van der Waals surface area (Å²) >= 11 is 0. The van der Waals surface area contributed by atoms with E-state index in [-0.39, 0.29) is 30.8 Å².